The number of halogens is 1. The van der Waals surface area contributed by atoms with E-state index in [-0.39, 0.29) is 0 Å². The van der Waals surface area contributed by atoms with E-state index in [2.05, 4.69) is 17.1 Å². The fourth-order valence-electron chi connectivity index (χ4n) is 2.77. The van der Waals surface area contributed by atoms with Gasteiger partial charge in [0.15, 0.2) is 0 Å². The van der Waals surface area contributed by atoms with Gasteiger partial charge in [-0.2, -0.15) is 0 Å². The summed E-state index contributed by atoms with van der Waals surface area (Å²) in [6, 6.07) is 12.0. The first-order valence-corrected chi connectivity index (χ1v) is 7.95. The predicted octanol–water partition coefficient (Wildman–Crippen LogP) is 5.27. The van der Waals surface area contributed by atoms with Crippen molar-refractivity contribution in [3.8, 4) is 11.5 Å². The first-order valence-electron chi connectivity index (χ1n) is 6.75. The van der Waals surface area contributed by atoms with Gasteiger partial charge in [-0.1, -0.05) is 23.7 Å². The Labute approximate surface area is 136 Å². The van der Waals surface area contributed by atoms with Gasteiger partial charge in [0.2, 0.25) is 0 Å². The molecule has 0 bridgehead atoms. The van der Waals surface area contributed by atoms with Crippen LogP contribution in [0, 0.1) is 0 Å². The van der Waals surface area contributed by atoms with Gasteiger partial charge in [0.05, 0.1) is 18.9 Å². The molecule has 0 aliphatic heterocycles. The van der Waals surface area contributed by atoms with Crippen LogP contribution in [0.1, 0.15) is 0 Å². The van der Waals surface area contributed by atoms with Gasteiger partial charge in [-0.15, -0.1) is 11.3 Å². The van der Waals surface area contributed by atoms with Gasteiger partial charge in [-0.05, 0) is 24.3 Å². The zero-order valence-electron chi connectivity index (χ0n) is 12.0. The molecule has 110 valence electrons. The fraction of sp³-hybridized carbons (Fsp3) is 0.118. The number of pyridine rings is 1. The largest absolute Gasteiger partial charge is 0.497 e. The number of rotatable bonds is 2. The smallest absolute Gasteiger partial charge is 0.147 e. The van der Waals surface area contributed by atoms with E-state index in [4.69, 9.17) is 21.1 Å². The van der Waals surface area contributed by atoms with Crippen LogP contribution in [0.5, 0.6) is 11.5 Å². The number of aromatic nitrogens is 1. The highest BCUT2D eigenvalue weighted by atomic mass is 35.5. The number of para-hydroxylation sites is 1. The van der Waals surface area contributed by atoms with Crippen LogP contribution in [0.4, 0.5) is 0 Å². The number of methoxy groups -OCH3 is 2. The standard InChI is InChI=1S/C17H12ClNO2S/c1-20-9-6-7-10-13(8-9)22-16-14(10)11-4-3-5-12(21-2)15(11)19-17(16)18/h3-8H,1-2H3. The second-order valence-electron chi connectivity index (χ2n) is 4.93. The average molecular weight is 330 g/mol. The Morgan fingerprint density at radius 3 is 2.68 bits per heavy atom. The van der Waals surface area contributed by atoms with Crippen molar-refractivity contribution < 1.29 is 9.47 Å². The summed E-state index contributed by atoms with van der Waals surface area (Å²) in [5.41, 5.74) is 0.790. The Balaban J connectivity index is 2.24. The molecule has 0 unspecified atom stereocenters. The van der Waals surface area contributed by atoms with Crippen molar-refractivity contribution >= 4 is 54.0 Å². The Hall–Kier alpha value is -2.04. The third-order valence-corrected chi connectivity index (χ3v) is 5.33. The second-order valence-corrected chi connectivity index (χ2v) is 6.34. The number of ether oxygens (including phenoxy) is 2. The highest BCUT2D eigenvalue weighted by molar-refractivity contribution is 7.26. The Morgan fingerprint density at radius 2 is 1.91 bits per heavy atom. The van der Waals surface area contributed by atoms with Gasteiger partial charge < -0.3 is 9.47 Å². The minimum Gasteiger partial charge on any atom is -0.497 e. The number of nitrogens with zero attached hydrogens (tertiary/aromatic N) is 1. The zero-order chi connectivity index (χ0) is 15.3. The number of fused-ring (bicyclic) bond motifs is 5. The van der Waals surface area contributed by atoms with E-state index in [9.17, 15) is 0 Å². The minimum atomic E-state index is 0.507. The van der Waals surface area contributed by atoms with Crippen molar-refractivity contribution in [3.05, 3.63) is 41.6 Å². The molecule has 0 fully saturated rings. The van der Waals surface area contributed by atoms with Crippen LogP contribution >= 0.6 is 22.9 Å². The molecule has 0 spiro atoms. The van der Waals surface area contributed by atoms with Crippen LogP contribution in [0.2, 0.25) is 5.15 Å². The van der Waals surface area contributed by atoms with E-state index in [1.54, 1.807) is 25.6 Å². The van der Waals surface area contributed by atoms with Crippen molar-refractivity contribution in [1.82, 2.24) is 4.98 Å². The van der Waals surface area contributed by atoms with Crippen molar-refractivity contribution in [3.63, 3.8) is 0 Å². The van der Waals surface area contributed by atoms with Crippen molar-refractivity contribution in [2.45, 2.75) is 0 Å². The SMILES string of the molecule is COc1ccc2c(c1)sc1c(Cl)nc3c(OC)cccc3c12. The van der Waals surface area contributed by atoms with Gasteiger partial charge >= 0.3 is 0 Å². The minimum absolute atomic E-state index is 0.507. The lowest BCUT2D eigenvalue weighted by Gasteiger charge is -2.06. The molecule has 22 heavy (non-hydrogen) atoms. The lowest BCUT2D eigenvalue weighted by atomic mass is 10.1. The maximum absolute atomic E-state index is 6.42. The molecule has 0 aliphatic carbocycles. The van der Waals surface area contributed by atoms with Crippen LogP contribution in [0.3, 0.4) is 0 Å². The number of benzene rings is 2. The molecule has 0 amide bonds. The Kier molecular flexibility index (Phi) is 3.10. The summed E-state index contributed by atoms with van der Waals surface area (Å²) in [5.74, 6) is 1.57. The first-order chi connectivity index (χ1) is 10.7. The lowest BCUT2D eigenvalue weighted by molar-refractivity contribution is 0.415. The molecule has 0 saturated heterocycles. The van der Waals surface area contributed by atoms with Crippen LogP contribution in [0.15, 0.2) is 36.4 Å². The lowest BCUT2D eigenvalue weighted by Crippen LogP contribution is -1.88. The summed E-state index contributed by atoms with van der Waals surface area (Å²) in [7, 11) is 3.31. The normalized spacial score (nSPS) is 11.4. The quantitative estimate of drug-likeness (QED) is 0.469. The molecule has 3 nitrogen and oxygen atoms in total. The number of hydrogen-bond acceptors (Lipinski definition) is 4. The van der Waals surface area contributed by atoms with Gasteiger partial charge in [-0.25, -0.2) is 4.98 Å². The van der Waals surface area contributed by atoms with E-state index >= 15 is 0 Å². The summed E-state index contributed by atoms with van der Waals surface area (Å²) in [6.07, 6.45) is 0. The van der Waals surface area contributed by atoms with Gasteiger partial charge in [-0.3, -0.25) is 0 Å². The van der Waals surface area contributed by atoms with E-state index in [0.29, 0.717) is 5.15 Å². The maximum atomic E-state index is 6.42. The highest BCUT2D eigenvalue weighted by Crippen LogP contribution is 2.43. The summed E-state index contributed by atoms with van der Waals surface area (Å²) in [5, 5.41) is 3.84. The van der Waals surface area contributed by atoms with E-state index < -0.39 is 0 Å². The van der Waals surface area contributed by atoms with Gasteiger partial charge in [0, 0.05) is 20.9 Å². The third-order valence-electron chi connectivity index (χ3n) is 3.78. The Morgan fingerprint density at radius 1 is 1.05 bits per heavy atom. The van der Waals surface area contributed by atoms with Crippen LogP contribution in [-0.2, 0) is 0 Å². The zero-order valence-corrected chi connectivity index (χ0v) is 13.6. The summed E-state index contributed by atoms with van der Waals surface area (Å²) >= 11 is 8.05. The predicted molar refractivity (Wildman–Crippen MR) is 92.7 cm³/mol. The maximum Gasteiger partial charge on any atom is 0.147 e. The average Bonchev–Trinajstić information content (AvgIpc) is 2.94. The fourth-order valence-corrected chi connectivity index (χ4v) is 4.19. The molecular formula is C17H12ClNO2S. The number of thiophene rings is 1. The first kappa shape index (κ1) is 13.6. The van der Waals surface area contributed by atoms with Crippen LogP contribution in [-0.4, -0.2) is 19.2 Å². The van der Waals surface area contributed by atoms with E-state index in [1.165, 1.54) is 0 Å². The molecule has 0 aliphatic rings. The highest BCUT2D eigenvalue weighted by Gasteiger charge is 2.16. The molecule has 0 radical (unpaired) electrons. The van der Waals surface area contributed by atoms with Crippen molar-refractivity contribution in [2.24, 2.45) is 0 Å². The summed E-state index contributed by atoms with van der Waals surface area (Å²) < 4.78 is 12.9. The molecule has 4 aromatic rings. The topological polar surface area (TPSA) is 31.4 Å². The Bertz CT molecular complexity index is 1030. The molecule has 0 saturated carbocycles. The summed E-state index contributed by atoms with van der Waals surface area (Å²) in [6.45, 7) is 0. The molecule has 4 rings (SSSR count). The summed E-state index contributed by atoms with van der Waals surface area (Å²) in [4.78, 5) is 4.53. The van der Waals surface area contributed by atoms with Gasteiger partial charge in [0.25, 0.3) is 0 Å². The third kappa shape index (κ3) is 1.84. The molecule has 0 atom stereocenters. The molecular weight excluding hydrogens is 318 g/mol. The molecule has 5 heteroatoms. The van der Waals surface area contributed by atoms with Crippen LogP contribution in [0.25, 0.3) is 31.1 Å². The van der Waals surface area contributed by atoms with Crippen molar-refractivity contribution in [1.29, 1.82) is 0 Å². The molecule has 2 aromatic heterocycles. The molecule has 0 N–H and O–H groups in total. The van der Waals surface area contributed by atoms with E-state index in [1.807, 2.05) is 24.3 Å². The van der Waals surface area contributed by atoms with Gasteiger partial charge in [0.1, 0.15) is 22.2 Å². The monoisotopic (exact) mass is 329 g/mol. The van der Waals surface area contributed by atoms with E-state index in [0.717, 1.165) is 42.6 Å². The second kappa shape index (κ2) is 5.00. The number of hydrogen-bond donors (Lipinski definition) is 0. The van der Waals surface area contributed by atoms with Crippen molar-refractivity contribution in [2.75, 3.05) is 14.2 Å². The molecule has 2 heterocycles. The van der Waals surface area contributed by atoms with Crippen LogP contribution < -0.4 is 9.47 Å². The molecule has 2 aromatic carbocycles.